The Morgan fingerprint density at radius 3 is 2.92 bits per heavy atom. The number of hydrogen-bond donors (Lipinski definition) is 0. The lowest BCUT2D eigenvalue weighted by Gasteiger charge is -2.04. The quantitative estimate of drug-likeness (QED) is 0.634. The predicted molar refractivity (Wildman–Crippen MR) is 46.9 cm³/mol. The van der Waals surface area contributed by atoms with E-state index in [4.69, 9.17) is 9.47 Å². The zero-order valence-electron chi connectivity index (χ0n) is 6.69. The average molecular weight is 162 g/mol. The largest absolute Gasteiger partial charge is 0.462 e. The second kappa shape index (κ2) is 2.99. The molecule has 0 aromatic heterocycles. The summed E-state index contributed by atoms with van der Waals surface area (Å²) in [5.74, 6) is 0.843. The van der Waals surface area contributed by atoms with Crippen LogP contribution in [0.3, 0.4) is 0 Å². The smallest absolute Gasteiger partial charge is 0.223 e. The number of hydrogen-bond acceptors (Lipinski definition) is 2. The van der Waals surface area contributed by atoms with Crippen LogP contribution in [0.15, 0.2) is 30.8 Å². The highest BCUT2D eigenvalue weighted by Crippen LogP contribution is 2.23. The molecule has 1 aromatic carbocycles. The van der Waals surface area contributed by atoms with E-state index in [-0.39, 0.29) is 6.29 Å². The molecule has 0 bridgehead atoms. The molecule has 1 atom stereocenters. The molecule has 0 aliphatic carbocycles. The van der Waals surface area contributed by atoms with Gasteiger partial charge in [-0.1, -0.05) is 30.9 Å². The Morgan fingerprint density at radius 2 is 2.25 bits per heavy atom. The monoisotopic (exact) mass is 162 g/mol. The Hall–Kier alpha value is -1.28. The Kier molecular flexibility index (Phi) is 1.84. The summed E-state index contributed by atoms with van der Waals surface area (Å²) in [5.41, 5.74) is 1.01. The SMILES string of the molecule is C=Cc1ccccc1OC1CO1. The van der Waals surface area contributed by atoms with Crippen molar-refractivity contribution in [3.8, 4) is 5.75 Å². The van der Waals surface area contributed by atoms with Gasteiger partial charge in [0.05, 0.1) is 0 Å². The van der Waals surface area contributed by atoms with Crippen molar-refractivity contribution in [1.82, 2.24) is 0 Å². The molecule has 0 spiro atoms. The third kappa shape index (κ3) is 1.48. The van der Waals surface area contributed by atoms with Crippen LogP contribution in [0.5, 0.6) is 5.75 Å². The van der Waals surface area contributed by atoms with Gasteiger partial charge in [-0.2, -0.15) is 0 Å². The Bertz CT molecular complexity index is 290. The van der Waals surface area contributed by atoms with Crippen LogP contribution in [-0.2, 0) is 4.74 Å². The van der Waals surface area contributed by atoms with E-state index in [1.807, 2.05) is 24.3 Å². The van der Waals surface area contributed by atoms with Crippen LogP contribution in [0, 0.1) is 0 Å². The highest BCUT2D eigenvalue weighted by atomic mass is 16.8. The first-order chi connectivity index (χ1) is 5.90. The molecule has 1 unspecified atom stereocenters. The lowest BCUT2D eigenvalue weighted by molar-refractivity contribution is 0.179. The van der Waals surface area contributed by atoms with Gasteiger partial charge in [0.25, 0.3) is 0 Å². The fraction of sp³-hybridized carbons (Fsp3) is 0.200. The Balaban J connectivity index is 2.20. The highest BCUT2D eigenvalue weighted by molar-refractivity contribution is 5.55. The van der Waals surface area contributed by atoms with Crippen molar-refractivity contribution < 1.29 is 9.47 Å². The average Bonchev–Trinajstić information content (AvgIpc) is 2.89. The Morgan fingerprint density at radius 1 is 1.50 bits per heavy atom. The van der Waals surface area contributed by atoms with Crippen LogP contribution >= 0.6 is 0 Å². The minimum Gasteiger partial charge on any atom is -0.462 e. The van der Waals surface area contributed by atoms with Crippen molar-refractivity contribution in [2.24, 2.45) is 0 Å². The van der Waals surface area contributed by atoms with Gasteiger partial charge in [-0.3, -0.25) is 0 Å². The maximum atomic E-state index is 5.45. The van der Waals surface area contributed by atoms with Crippen LogP contribution in [0.1, 0.15) is 5.56 Å². The molecule has 62 valence electrons. The molecule has 1 aliphatic heterocycles. The molecule has 1 aliphatic rings. The van der Waals surface area contributed by atoms with Crippen molar-refractivity contribution in [3.05, 3.63) is 36.4 Å². The fourth-order valence-electron chi connectivity index (χ4n) is 1.01. The van der Waals surface area contributed by atoms with Gasteiger partial charge in [0, 0.05) is 5.56 Å². The standard InChI is InChI=1S/C10H10O2/c1-2-8-5-3-4-6-9(8)12-10-7-11-10/h2-6,10H,1,7H2. The van der Waals surface area contributed by atoms with E-state index in [0.29, 0.717) is 6.61 Å². The van der Waals surface area contributed by atoms with E-state index in [1.165, 1.54) is 0 Å². The normalized spacial score (nSPS) is 20.2. The second-order valence-electron chi connectivity index (χ2n) is 2.62. The number of benzene rings is 1. The van der Waals surface area contributed by atoms with E-state index in [2.05, 4.69) is 6.58 Å². The zero-order chi connectivity index (χ0) is 8.39. The van der Waals surface area contributed by atoms with E-state index >= 15 is 0 Å². The highest BCUT2D eigenvalue weighted by Gasteiger charge is 2.25. The van der Waals surface area contributed by atoms with Gasteiger partial charge in [0.1, 0.15) is 12.4 Å². The maximum absolute atomic E-state index is 5.45. The van der Waals surface area contributed by atoms with Crippen molar-refractivity contribution in [2.45, 2.75) is 6.29 Å². The molecule has 12 heavy (non-hydrogen) atoms. The van der Waals surface area contributed by atoms with Gasteiger partial charge in [0.15, 0.2) is 0 Å². The summed E-state index contributed by atoms with van der Waals surface area (Å²) in [6.45, 7) is 4.40. The van der Waals surface area contributed by atoms with Crippen LogP contribution in [0.2, 0.25) is 0 Å². The van der Waals surface area contributed by atoms with Crippen molar-refractivity contribution >= 4 is 6.08 Å². The molecule has 1 aromatic rings. The molecule has 2 rings (SSSR count). The van der Waals surface area contributed by atoms with Crippen LogP contribution in [-0.4, -0.2) is 12.9 Å². The molecule has 2 nitrogen and oxygen atoms in total. The number of epoxide rings is 1. The molecule has 0 radical (unpaired) electrons. The van der Waals surface area contributed by atoms with Crippen molar-refractivity contribution in [3.63, 3.8) is 0 Å². The topological polar surface area (TPSA) is 21.8 Å². The summed E-state index contributed by atoms with van der Waals surface area (Å²) in [6.07, 6.45) is 1.74. The third-order valence-corrected chi connectivity index (χ3v) is 1.70. The first kappa shape index (κ1) is 7.37. The lowest BCUT2D eigenvalue weighted by atomic mass is 10.2. The van der Waals surface area contributed by atoms with Gasteiger partial charge < -0.3 is 9.47 Å². The van der Waals surface area contributed by atoms with Gasteiger partial charge in [-0.15, -0.1) is 0 Å². The van der Waals surface area contributed by atoms with Crippen LogP contribution in [0.4, 0.5) is 0 Å². The number of rotatable bonds is 3. The van der Waals surface area contributed by atoms with Crippen LogP contribution < -0.4 is 4.74 Å². The van der Waals surface area contributed by atoms with E-state index < -0.39 is 0 Å². The predicted octanol–water partition coefficient (Wildman–Crippen LogP) is 2.06. The van der Waals surface area contributed by atoms with E-state index in [9.17, 15) is 0 Å². The van der Waals surface area contributed by atoms with Crippen LogP contribution in [0.25, 0.3) is 6.08 Å². The summed E-state index contributed by atoms with van der Waals surface area (Å²) in [7, 11) is 0. The zero-order valence-corrected chi connectivity index (χ0v) is 6.69. The van der Waals surface area contributed by atoms with E-state index in [1.54, 1.807) is 6.08 Å². The van der Waals surface area contributed by atoms with E-state index in [0.717, 1.165) is 11.3 Å². The molecule has 0 amide bonds. The first-order valence-corrected chi connectivity index (χ1v) is 3.90. The molecule has 0 N–H and O–H groups in total. The Labute approximate surface area is 71.4 Å². The molecule has 2 heteroatoms. The molecule has 1 fully saturated rings. The maximum Gasteiger partial charge on any atom is 0.223 e. The minimum atomic E-state index is -0.0360. The third-order valence-electron chi connectivity index (χ3n) is 1.70. The summed E-state index contributed by atoms with van der Waals surface area (Å²) in [4.78, 5) is 0. The minimum absolute atomic E-state index is 0.0360. The second-order valence-corrected chi connectivity index (χ2v) is 2.62. The van der Waals surface area contributed by atoms with Gasteiger partial charge in [-0.05, 0) is 6.07 Å². The summed E-state index contributed by atoms with van der Waals surface area (Å²) in [5, 5.41) is 0. The summed E-state index contributed by atoms with van der Waals surface area (Å²) >= 11 is 0. The summed E-state index contributed by atoms with van der Waals surface area (Å²) in [6, 6.07) is 7.77. The van der Waals surface area contributed by atoms with Gasteiger partial charge in [-0.25, -0.2) is 0 Å². The molecule has 0 saturated carbocycles. The molecular weight excluding hydrogens is 152 g/mol. The number of para-hydroxylation sites is 1. The summed E-state index contributed by atoms with van der Waals surface area (Å²) < 4.78 is 10.4. The lowest BCUT2D eigenvalue weighted by Crippen LogP contribution is -1.98. The first-order valence-electron chi connectivity index (χ1n) is 3.90. The van der Waals surface area contributed by atoms with Gasteiger partial charge >= 0.3 is 0 Å². The van der Waals surface area contributed by atoms with Crippen molar-refractivity contribution in [1.29, 1.82) is 0 Å². The van der Waals surface area contributed by atoms with Crippen molar-refractivity contribution in [2.75, 3.05) is 6.61 Å². The van der Waals surface area contributed by atoms with Gasteiger partial charge in [0.2, 0.25) is 6.29 Å². The molecule has 1 heterocycles. The molecular formula is C10H10O2. The molecule has 1 saturated heterocycles. The fourth-order valence-corrected chi connectivity index (χ4v) is 1.01. The number of ether oxygens (including phenoxy) is 2.